The molecule has 0 aromatic heterocycles. The number of hydrogen-bond donors (Lipinski definition) is 2. The van der Waals surface area contributed by atoms with Crippen molar-refractivity contribution < 1.29 is 33.3 Å². The number of fused-ring (bicyclic) bond motifs is 1. The van der Waals surface area contributed by atoms with E-state index in [1.54, 1.807) is 0 Å². The van der Waals surface area contributed by atoms with Gasteiger partial charge in [0, 0.05) is 43.7 Å². The zero-order valence-electron chi connectivity index (χ0n) is 25.3. The molecule has 2 fully saturated rings. The fourth-order valence-electron chi connectivity index (χ4n) is 6.74. The van der Waals surface area contributed by atoms with Gasteiger partial charge in [-0.05, 0) is 49.2 Å². The van der Waals surface area contributed by atoms with E-state index in [9.17, 15) is 29.3 Å². The number of nitro benzene ring substituents is 1. The van der Waals surface area contributed by atoms with Gasteiger partial charge in [0.1, 0.15) is 5.70 Å². The number of carbonyl (C=O) groups excluding carboxylic acids is 4. The number of hydrogen-bond acceptors (Lipinski definition) is 9. The smallest absolute Gasteiger partial charge is 0.362 e. The fourth-order valence-corrected chi connectivity index (χ4v) is 9.68. The molecule has 5 atom stereocenters. The number of nitrogens with two attached hydrogens (primary N) is 1. The van der Waals surface area contributed by atoms with Gasteiger partial charge in [0.05, 0.1) is 28.6 Å². The number of nitro groups is 1. The van der Waals surface area contributed by atoms with E-state index in [0.29, 0.717) is 31.6 Å². The number of nitrogens with one attached hydrogen (secondary N) is 1. The van der Waals surface area contributed by atoms with E-state index in [4.69, 9.17) is 14.9 Å². The minimum Gasteiger partial charge on any atom is -0.413 e. The van der Waals surface area contributed by atoms with Crippen LogP contribution in [0.2, 0.25) is 18.1 Å². The largest absolute Gasteiger partial charge is 0.413 e. The monoisotopic (exact) mass is 615 g/mol. The van der Waals surface area contributed by atoms with E-state index in [2.05, 4.69) is 31.0 Å². The number of ether oxygens (including phenoxy) is 1. The highest BCUT2D eigenvalue weighted by Gasteiger charge is 2.61. The molecule has 0 bridgehead atoms. The third-order valence-electron chi connectivity index (χ3n) is 9.38. The van der Waals surface area contributed by atoms with Gasteiger partial charge in [-0.1, -0.05) is 27.7 Å². The summed E-state index contributed by atoms with van der Waals surface area (Å²) in [6.07, 6.45) is 0.345. The van der Waals surface area contributed by atoms with Crippen molar-refractivity contribution in [3.63, 3.8) is 0 Å². The molecule has 3 amide bonds. The van der Waals surface area contributed by atoms with Gasteiger partial charge in [0.15, 0.2) is 8.32 Å². The summed E-state index contributed by atoms with van der Waals surface area (Å²) in [4.78, 5) is 65.5. The maximum Gasteiger partial charge on any atom is 0.362 e. The number of nitrogens with zero attached hydrogens (tertiary/aromatic N) is 3. The standard InChI is InChI=1S/C29H41N5O8Si/c1-6-43(7-2,8-3)42-18(5)23-24-17(4)22(16-32-14-13-20(15-32)31-29(30)38)25(33(24)26(23)35)28(37)41-27(36)19-9-11-21(12-10-19)34(39)40/h9-12,17-18,20,23-24H,6-8,13-16H2,1-5H3,(H3,30,31,38)/t17-,18+,20-,23+,24+/m0/s1. The van der Waals surface area contributed by atoms with E-state index < -0.39 is 37.1 Å². The van der Waals surface area contributed by atoms with Crippen LogP contribution in [0.5, 0.6) is 0 Å². The molecule has 3 aliphatic heterocycles. The number of amides is 3. The van der Waals surface area contributed by atoms with Gasteiger partial charge in [0.25, 0.3) is 5.69 Å². The van der Waals surface area contributed by atoms with Crippen LogP contribution in [0.15, 0.2) is 35.5 Å². The van der Waals surface area contributed by atoms with Crippen molar-refractivity contribution in [3.05, 3.63) is 51.2 Å². The Kier molecular flexibility index (Phi) is 9.72. The van der Waals surface area contributed by atoms with Gasteiger partial charge in [-0.2, -0.15) is 0 Å². The van der Waals surface area contributed by atoms with E-state index in [-0.39, 0.29) is 47.0 Å². The lowest BCUT2D eigenvalue weighted by molar-refractivity contribution is -0.384. The number of benzene rings is 1. The number of esters is 2. The van der Waals surface area contributed by atoms with Gasteiger partial charge < -0.3 is 25.1 Å². The van der Waals surface area contributed by atoms with Gasteiger partial charge in [-0.25, -0.2) is 14.4 Å². The van der Waals surface area contributed by atoms with Crippen molar-refractivity contribution in [2.45, 2.75) is 77.4 Å². The lowest BCUT2D eigenvalue weighted by Gasteiger charge is -2.49. The summed E-state index contributed by atoms with van der Waals surface area (Å²) in [5.74, 6) is -2.82. The molecule has 234 valence electrons. The second kappa shape index (κ2) is 12.9. The Morgan fingerprint density at radius 1 is 1.14 bits per heavy atom. The van der Waals surface area contributed by atoms with Crippen molar-refractivity contribution >= 4 is 37.9 Å². The van der Waals surface area contributed by atoms with Gasteiger partial charge in [0.2, 0.25) is 5.91 Å². The number of primary amides is 1. The Balaban J connectivity index is 1.59. The van der Waals surface area contributed by atoms with Crippen LogP contribution in [-0.4, -0.2) is 84.7 Å². The summed E-state index contributed by atoms with van der Waals surface area (Å²) in [6, 6.07) is 6.50. The van der Waals surface area contributed by atoms with Gasteiger partial charge in [-0.15, -0.1) is 0 Å². The average molecular weight is 616 g/mol. The Hall–Kier alpha value is -3.62. The zero-order valence-corrected chi connectivity index (χ0v) is 26.3. The third-order valence-corrected chi connectivity index (χ3v) is 14.1. The van der Waals surface area contributed by atoms with E-state index in [1.807, 2.05) is 13.8 Å². The molecule has 4 rings (SSSR count). The van der Waals surface area contributed by atoms with Crippen LogP contribution in [0.1, 0.15) is 51.4 Å². The first kappa shape index (κ1) is 32.3. The van der Waals surface area contributed by atoms with Crippen LogP contribution >= 0.6 is 0 Å². The Morgan fingerprint density at radius 3 is 2.33 bits per heavy atom. The van der Waals surface area contributed by atoms with E-state index in [1.165, 1.54) is 17.0 Å². The van der Waals surface area contributed by atoms with Crippen molar-refractivity contribution in [1.29, 1.82) is 0 Å². The van der Waals surface area contributed by atoms with Crippen LogP contribution in [0, 0.1) is 22.0 Å². The molecule has 3 heterocycles. The Bertz CT molecular complexity index is 1310. The molecule has 2 saturated heterocycles. The average Bonchev–Trinajstić information content (AvgIpc) is 3.51. The first-order chi connectivity index (χ1) is 20.4. The summed E-state index contributed by atoms with van der Waals surface area (Å²) >= 11 is 0. The lowest BCUT2D eigenvalue weighted by Crippen LogP contribution is -2.65. The summed E-state index contributed by atoms with van der Waals surface area (Å²) in [7, 11) is -2.01. The summed E-state index contributed by atoms with van der Waals surface area (Å²) in [6.45, 7) is 11.8. The summed E-state index contributed by atoms with van der Waals surface area (Å²) < 4.78 is 11.9. The molecular formula is C29H41N5O8Si. The predicted molar refractivity (Wildman–Crippen MR) is 159 cm³/mol. The molecule has 0 unspecified atom stereocenters. The predicted octanol–water partition coefficient (Wildman–Crippen LogP) is 3.16. The second-order valence-electron chi connectivity index (χ2n) is 11.7. The molecule has 3 aliphatic rings. The lowest BCUT2D eigenvalue weighted by atomic mass is 9.77. The number of urea groups is 1. The fraction of sp³-hybridized carbons (Fsp3) is 0.586. The van der Waals surface area contributed by atoms with Crippen LogP contribution < -0.4 is 11.1 Å². The quantitative estimate of drug-likeness (QED) is 0.0894. The highest BCUT2D eigenvalue weighted by Crippen LogP contribution is 2.49. The van der Waals surface area contributed by atoms with Gasteiger partial charge in [-0.3, -0.25) is 19.8 Å². The number of non-ortho nitro benzene ring substituents is 1. The molecule has 0 aliphatic carbocycles. The van der Waals surface area contributed by atoms with Crippen molar-refractivity contribution in [2.24, 2.45) is 17.6 Å². The molecule has 0 saturated carbocycles. The Morgan fingerprint density at radius 2 is 1.77 bits per heavy atom. The van der Waals surface area contributed by atoms with Crippen LogP contribution in [0.4, 0.5) is 10.5 Å². The second-order valence-corrected chi connectivity index (χ2v) is 16.4. The minimum atomic E-state index is -2.01. The van der Waals surface area contributed by atoms with Crippen LogP contribution in [0.25, 0.3) is 0 Å². The number of rotatable bonds is 12. The molecule has 43 heavy (non-hydrogen) atoms. The highest BCUT2D eigenvalue weighted by molar-refractivity contribution is 6.73. The first-order valence-electron chi connectivity index (χ1n) is 14.9. The normalized spacial score (nSPS) is 24.4. The van der Waals surface area contributed by atoms with Crippen molar-refractivity contribution in [1.82, 2.24) is 15.1 Å². The summed E-state index contributed by atoms with van der Waals surface area (Å²) in [5, 5.41) is 13.7. The molecule has 0 spiro atoms. The highest BCUT2D eigenvalue weighted by atomic mass is 28.4. The molecule has 13 nitrogen and oxygen atoms in total. The minimum absolute atomic E-state index is 0.0292. The van der Waals surface area contributed by atoms with E-state index >= 15 is 0 Å². The topological polar surface area (TPSA) is 174 Å². The number of carbonyl (C=O) groups is 4. The first-order valence-corrected chi connectivity index (χ1v) is 17.4. The summed E-state index contributed by atoms with van der Waals surface area (Å²) in [5.41, 5.74) is 5.80. The number of likely N-dealkylation sites (tertiary alicyclic amines) is 1. The van der Waals surface area contributed by atoms with Crippen molar-refractivity contribution in [2.75, 3.05) is 19.6 Å². The molecular weight excluding hydrogens is 574 g/mol. The molecule has 0 radical (unpaired) electrons. The van der Waals surface area contributed by atoms with Crippen LogP contribution in [-0.2, 0) is 18.8 Å². The zero-order chi connectivity index (χ0) is 31.6. The molecule has 14 heteroatoms. The molecule has 1 aromatic carbocycles. The van der Waals surface area contributed by atoms with Gasteiger partial charge >= 0.3 is 18.0 Å². The maximum atomic E-state index is 13.7. The molecule has 1 aromatic rings. The SMILES string of the molecule is CC[Si](CC)(CC)O[C@H](C)[C@H]1C(=O)N2C(C(=O)OC(=O)c3ccc([N+](=O)[O-])cc3)=C(CN3CC[C@H](NC(N)=O)C3)[C@H](C)[C@H]12. The number of β-lactam (4-membered cyclic amide) rings is 1. The van der Waals surface area contributed by atoms with Crippen molar-refractivity contribution in [3.8, 4) is 0 Å². The molecule has 3 N–H and O–H groups in total. The van der Waals surface area contributed by atoms with E-state index in [0.717, 1.165) is 30.3 Å². The maximum absolute atomic E-state index is 13.7. The third kappa shape index (κ3) is 6.36. The Labute approximate surface area is 252 Å². The van der Waals surface area contributed by atoms with Crippen LogP contribution in [0.3, 0.4) is 0 Å².